The van der Waals surface area contributed by atoms with Crippen molar-refractivity contribution >= 4 is 11.7 Å². The standard InChI is InChI=1S/C23H23NO3/c1-14-3-5-16(6-4-14)19-13-22(26)24-20-11-17(12-21(25)23(19)20)15-7-9-18(27-2)10-8-15/h3-10,17,19H,11-13H2,1-2H3,(H,24,26)/t17-,19-/m1/s1. The van der Waals surface area contributed by atoms with Crippen LogP contribution < -0.4 is 10.1 Å². The number of ether oxygens (including phenoxy) is 1. The van der Waals surface area contributed by atoms with Gasteiger partial charge in [0.05, 0.1) is 7.11 Å². The third-order valence-electron chi connectivity index (χ3n) is 5.60. The van der Waals surface area contributed by atoms with Gasteiger partial charge in [0.15, 0.2) is 5.78 Å². The van der Waals surface area contributed by atoms with E-state index in [1.165, 1.54) is 5.56 Å². The van der Waals surface area contributed by atoms with Crippen molar-refractivity contribution < 1.29 is 14.3 Å². The minimum atomic E-state index is -0.140. The van der Waals surface area contributed by atoms with Crippen molar-refractivity contribution in [1.82, 2.24) is 5.32 Å². The Labute approximate surface area is 159 Å². The van der Waals surface area contributed by atoms with E-state index in [1.54, 1.807) is 7.11 Å². The number of methoxy groups -OCH3 is 1. The summed E-state index contributed by atoms with van der Waals surface area (Å²) in [7, 11) is 1.64. The smallest absolute Gasteiger partial charge is 0.225 e. The molecule has 1 heterocycles. The van der Waals surface area contributed by atoms with E-state index in [2.05, 4.69) is 5.32 Å². The van der Waals surface area contributed by atoms with Gasteiger partial charge in [-0.25, -0.2) is 0 Å². The van der Waals surface area contributed by atoms with E-state index in [1.807, 2.05) is 55.5 Å². The second-order valence-corrected chi connectivity index (χ2v) is 7.41. The van der Waals surface area contributed by atoms with E-state index in [-0.39, 0.29) is 23.5 Å². The minimum absolute atomic E-state index is 0.0116. The molecule has 1 N–H and O–H groups in total. The maximum absolute atomic E-state index is 13.1. The molecule has 4 rings (SSSR count). The topological polar surface area (TPSA) is 55.4 Å². The molecule has 2 atom stereocenters. The lowest BCUT2D eigenvalue weighted by molar-refractivity contribution is -0.122. The number of Topliss-reactive ketones (excluding diaryl/α,β-unsaturated/α-hetero) is 1. The fourth-order valence-electron chi connectivity index (χ4n) is 4.16. The van der Waals surface area contributed by atoms with Gasteiger partial charge in [-0.05, 0) is 42.5 Å². The van der Waals surface area contributed by atoms with Gasteiger partial charge in [-0.15, -0.1) is 0 Å². The molecule has 1 aliphatic carbocycles. The number of nitrogens with one attached hydrogen (secondary N) is 1. The molecular formula is C23H23NO3. The lowest BCUT2D eigenvalue weighted by Gasteiger charge is -2.34. The average Bonchev–Trinajstić information content (AvgIpc) is 2.67. The van der Waals surface area contributed by atoms with Crippen LogP contribution in [-0.2, 0) is 9.59 Å². The highest BCUT2D eigenvalue weighted by Gasteiger charge is 2.38. The Morgan fingerprint density at radius 3 is 2.22 bits per heavy atom. The molecule has 4 heteroatoms. The van der Waals surface area contributed by atoms with Crippen LogP contribution in [0.4, 0.5) is 0 Å². The van der Waals surface area contributed by atoms with Crippen LogP contribution in [0, 0.1) is 6.92 Å². The maximum Gasteiger partial charge on any atom is 0.225 e. The summed E-state index contributed by atoms with van der Waals surface area (Å²) < 4.78 is 5.22. The number of hydrogen-bond acceptors (Lipinski definition) is 3. The summed E-state index contributed by atoms with van der Waals surface area (Å²) in [6.45, 7) is 2.03. The van der Waals surface area contributed by atoms with Crippen LogP contribution in [0.2, 0.25) is 0 Å². The van der Waals surface area contributed by atoms with Crippen molar-refractivity contribution in [3.63, 3.8) is 0 Å². The number of rotatable bonds is 3. The molecule has 1 aliphatic heterocycles. The summed E-state index contributed by atoms with van der Waals surface area (Å²) in [5.41, 5.74) is 4.90. The fourth-order valence-corrected chi connectivity index (χ4v) is 4.16. The number of hydrogen-bond donors (Lipinski definition) is 1. The fraction of sp³-hybridized carbons (Fsp3) is 0.304. The molecule has 0 unspecified atom stereocenters. The van der Waals surface area contributed by atoms with Crippen LogP contribution in [0.1, 0.15) is 47.8 Å². The SMILES string of the molecule is COc1ccc([C@H]2CC(=O)C3=C(C2)NC(=O)C[C@@H]3c2ccc(C)cc2)cc1. The molecule has 2 aliphatic rings. The van der Waals surface area contributed by atoms with E-state index in [9.17, 15) is 9.59 Å². The number of carbonyl (C=O) groups excluding carboxylic acids is 2. The number of ketones is 1. The predicted molar refractivity (Wildman–Crippen MR) is 104 cm³/mol. The molecule has 138 valence electrons. The van der Waals surface area contributed by atoms with Gasteiger partial charge in [-0.2, -0.15) is 0 Å². The maximum atomic E-state index is 13.1. The molecule has 0 saturated heterocycles. The van der Waals surface area contributed by atoms with E-state index in [0.29, 0.717) is 19.3 Å². The Balaban J connectivity index is 1.67. The Morgan fingerprint density at radius 1 is 0.889 bits per heavy atom. The summed E-state index contributed by atoms with van der Waals surface area (Å²) in [5.74, 6) is 0.870. The summed E-state index contributed by atoms with van der Waals surface area (Å²) in [6, 6.07) is 16.0. The quantitative estimate of drug-likeness (QED) is 0.899. The summed E-state index contributed by atoms with van der Waals surface area (Å²) >= 11 is 0. The molecule has 2 aromatic carbocycles. The Hall–Kier alpha value is -2.88. The number of amides is 1. The van der Waals surface area contributed by atoms with Crippen molar-refractivity contribution in [3.05, 3.63) is 76.5 Å². The molecule has 0 aromatic heterocycles. The van der Waals surface area contributed by atoms with Crippen molar-refractivity contribution in [1.29, 1.82) is 0 Å². The van der Waals surface area contributed by atoms with Gasteiger partial charge in [0.1, 0.15) is 5.75 Å². The summed E-state index contributed by atoms with van der Waals surface area (Å²) in [4.78, 5) is 25.4. The third kappa shape index (κ3) is 3.39. The second kappa shape index (κ2) is 7.03. The van der Waals surface area contributed by atoms with Crippen LogP contribution in [-0.4, -0.2) is 18.8 Å². The van der Waals surface area contributed by atoms with E-state index >= 15 is 0 Å². The number of aryl methyl sites for hydroxylation is 1. The van der Waals surface area contributed by atoms with Crippen molar-refractivity contribution in [3.8, 4) is 5.75 Å². The lowest BCUT2D eigenvalue weighted by atomic mass is 9.73. The van der Waals surface area contributed by atoms with Gasteiger partial charge in [-0.1, -0.05) is 42.0 Å². The van der Waals surface area contributed by atoms with Gasteiger partial charge >= 0.3 is 0 Å². The molecule has 2 aromatic rings. The van der Waals surface area contributed by atoms with Gasteiger partial charge in [-0.3, -0.25) is 9.59 Å². The number of allylic oxidation sites excluding steroid dienone is 2. The Morgan fingerprint density at radius 2 is 1.56 bits per heavy atom. The molecular weight excluding hydrogens is 338 g/mol. The van der Waals surface area contributed by atoms with Crippen LogP contribution >= 0.6 is 0 Å². The van der Waals surface area contributed by atoms with E-state index < -0.39 is 0 Å². The molecule has 0 fully saturated rings. The highest BCUT2D eigenvalue weighted by molar-refractivity contribution is 6.02. The molecule has 0 bridgehead atoms. The highest BCUT2D eigenvalue weighted by Crippen LogP contribution is 2.42. The first-order chi connectivity index (χ1) is 13.0. The van der Waals surface area contributed by atoms with Gasteiger partial charge in [0.25, 0.3) is 0 Å². The number of carbonyl (C=O) groups is 2. The Kier molecular flexibility index (Phi) is 4.56. The molecule has 0 radical (unpaired) electrons. The summed E-state index contributed by atoms with van der Waals surface area (Å²) in [5, 5.41) is 2.98. The van der Waals surface area contributed by atoms with Crippen molar-refractivity contribution in [2.24, 2.45) is 0 Å². The Bertz CT molecular complexity index is 910. The third-order valence-corrected chi connectivity index (χ3v) is 5.60. The first-order valence-electron chi connectivity index (χ1n) is 9.31. The van der Waals surface area contributed by atoms with E-state index in [4.69, 9.17) is 4.74 Å². The molecule has 27 heavy (non-hydrogen) atoms. The second-order valence-electron chi connectivity index (χ2n) is 7.41. The van der Waals surface area contributed by atoms with Crippen LogP contribution in [0.25, 0.3) is 0 Å². The van der Waals surface area contributed by atoms with Gasteiger partial charge in [0, 0.05) is 30.0 Å². The first kappa shape index (κ1) is 17.5. The first-order valence-corrected chi connectivity index (χ1v) is 9.31. The minimum Gasteiger partial charge on any atom is -0.497 e. The van der Waals surface area contributed by atoms with Crippen LogP contribution in [0.15, 0.2) is 59.8 Å². The average molecular weight is 361 g/mol. The van der Waals surface area contributed by atoms with Crippen LogP contribution in [0.5, 0.6) is 5.75 Å². The largest absolute Gasteiger partial charge is 0.497 e. The summed E-state index contributed by atoms with van der Waals surface area (Å²) in [6.07, 6.45) is 1.49. The van der Waals surface area contributed by atoms with Gasteiger partial charge < -0.3 is 10.1 Å². The van der Waals surface area contributed by atoms with Gasteiger partial charge in [0.2, 0.25) is 5.91 Å². The lowest BCUT2D eigenvalue weighted by Crippen LogP contribution is -2.38. The predicted octanol–water partition coefficient (Wildman–Crippen LogP) is 4.01. The zero-order valence-corrected chi connectivity index (χ0v) is 15.6. The van der Waals surface area contributed by atoms with Crippen molar-refractivity contribution in [2.75, 3.05) is 7.11 Å². The highest BCUT2D eigenvalue weighted by atomic mass is 16.5. The van der Waals surface area contributed by atoms with E-state index in [0.717, 1.165) is 28.1 Å². The zero-order valence-electron chi connectivity index (χ0n) is 15.6. The molecule has 0 spiro atoms. The normalized spacial score (nSPS) is 22.3. The molecule has 0 saturated carbocycles. The van der Waals surface area contributed by atoms with Crippen molar-refractivity contribution in [2.45, 2.75) is 38.0 Å². The monoisotopic (exact) mass is 361 g/mol. The zero-order chi connectivity index (χ0) is 19.0. The molecule has 4 nitrogen and oxygen atoms in total. The number of benzene rings is 2. The van der Waals surface area contributed by atoms with Crippen LogP contribution in [0.3, 0.4) is 0 Å². The molecule has 1 amide bonds.